The van der Waals surface area contributed by atoms with Gasteiger partial charge in [0.15, 0.2) is 12.4 Å². The number of hydrogen-bond acceptors (Lipinski definition) is 7. The molecule has 4 aliphatic rings. The van der Waals surface area contributed by atoms with Gasteiger partial charge in [-0.05, 0) is 86.5 Å². The maximum absolute atomic E-state index is 13.4. The maximum Gasteiger partial charge on any atom is 0.326 e. The highest BCUT2D eigenvalue weighted by atomic mass is 16.5. The third-order valence-corrected chi connectivity index (χ3v) is 10.8. The number of carbonyl (C=O) groups excluding carboxylic acids is 4. The summed E-state index contributed by atoms with van der Waals surface area (Å²) in [6, 6.07) is -1.03. The minimum absolute atomic E-state index is 0.00393. The molecule has 3 N–H and O–H groups in total. The smallest absolute Gasteiger partial charge is 0.326 e. The number of allylic oxidation sites excluding steroid dienone is 1. The number of rotatable bonds is 10. The number of esters is 1. The molecule has 0 heterocycles. The number of ketones is 2. The first kappa shape index (κ1) is 30.4. The lowest BCUT2D eigenvalue weighted by atomic mass is 9.46. The van der Waals surface area contributed by atoms with E-state index in [0.717, 1.165) is 32.1 Å². The summed E-state index contributed by atoms with van der Waals surface area (Å²) in [5, 5.41) is 23.5. The van der Waals surface area contributed by atoms with E-state index in [1.165, 1.54) is 5.57 Å². The van der Waals surface area contributed by atoms with Gasteiger partial charge in [-0.25, -0.2) is 4.79 Å². The lowest BCUT2D eigenvalue weighted by Crippen LogP contribution is -2.58. The molecule has 1 unspecified atom stereocenters. The van der Waals surface area contributed by atoms with Crippen molar-refractivity contribution in [1.29, 1.82) is 0 Å². The third kappa shape index (κ3) is 5.50. The Morgan fingerprint density at radius 3 is 2.40 bits per heavy atom. The molecule has 0 aromatic rings. The Labute approximate surface area is 236 Å². The van der Waals surface area contributed by atoms with Crippen LogP contribution >= 0.6 is 0 Å². The van der Waals surface area contributed by atoms with E-state index >= 15 is 0 Å². The molecule has 0 aromatic heterocycles. The molecular weight excluding hydrogens is 514 g/mol. The Morgan fingerprint density at radius 1 is 1.02 bits per heavy atom. The van der Waals surface area contributed by atoms with Gasteiger partial charge < -0.3 is 20.3 Å². The lowest BCUT2D eigenvalue weighted by molar-refractivity contribution is -0.170. The average Bonchev–Trinajstić information content (AvgIpc) is 3.17. The van der Waals surface area contributed by atoms with Crippen molar-refractivity contribution >= 4 is 29.4 Å². The summed E-state index contributed by atoms with van der Waals surface area (Å²) in [5.74, 6) is -1.65. The molecule has 3 saturated carbocycles. The summed E-state index contributed by atoms with van der Waals surface area (Å²) < 4.78 is 5.19. The fraction of sp³-hybridized carbons (Fsp3) is 0.774. The molecule has 9 heteroatoms. The number of carbonyl (C=O) groups is 5. The number of ether oxygens (including phenoxy) is 1. The number of carboxylic acid groups (broad SMARTS) is 1. The summed E-state index contributed by atoms with van der Waals surface area (Å²) in [7, 11) is 0. The molecule has 4 aliphatic carbocycles. The number of fused-ring (bicyclic) bond motifs is 5. The van der Waals surface area contributed by atoms with E-state index in [-0.39, 0.29) is 42.3 Å². The molecule has 9 nitrogen and oxygen atoms in total. The average molecular weight is 560 g/mol. The lowest BCUT2D eigenvalue weighted by Gasteiger charge is -2.58. The van der Waals surface area contributed by atoms with Crippen LogP contribution in [0.5, 0.6) is 0 Å². The summed E-state index contributed by atoms with van der Waals surface area (Å²) in [6.45, 7) is 7.46. The van der Waals surface area contributed by atoms with E-state index in [9.17, 15) is 34.2 Å². The highest BCUT2D eigenvalue weighted by Gasteiger charge is 2.66. The van der Waals surface area contributed by atoms with E-state index in [2.05, 4.69) is 12.2 Å². The van der Waals surface area contributed by atoms with Crippen LogP contribution in [0.1, 0.15) is 98.3 Å². The topological polar surface area (TPSA) is 147 Å². The van der Waals surface area contributed by atoms with Crippen molar-refractivity contribution in [1.82, 2.24) is 5.32 Å². The molecule has 0 saturated heterocycles. The quantitative estimate of drug-likeness (QED) is 0.343. The van der Waals surface area contributed by atoms with Gasteiger partial charge >= 0.3 is 11.9 Å². The molecule has 0 radical (unpaired) electrons. The van der Waals surface area contributed by atoms with Gasteiger partial charge in [0.2, 0.25) is 11.7 Å². The fourth-order valence-electron chi connectivity index (χ4n) is 8.55. The zero-order chi connectivity index (χ0) is 29.5. The molecule has 1 amide bonds. The third-order valence-electron chi connectivity index (χ3n) is 10.8. The standard InChI is InChI=1S/C31H45NO8/c1-18(2)15-24(28(37)38)32-26(35)7-8-27(36)40-17-25(34)31(39)14-11-23-21-6-5-19-16-20(33)9-12-29(19,3)22(21)10-13-30(23,31)4/h16,18,21-24,39H,5-15,17H2,1-4H3,(H,32,35)(H,37,38)/t21-,22+,23+,24?,29+,30+,31+/m1/s1. The fourth-order valence-corrected chi connectivity index (χ4v) is 8.55. The van der Waals surface area contributed by atoms with Crippen LogP contribution in [0, 0.1) is 34.5 Å². The van der Waals surface area contributed by atoms with Gasteiger partial charge in [-0.1, -0.05) is 33.3 Å². The van der Waals surface area contributed by atoms with Crippen LogP contribution in [-0.4, -0.2) is 57.9 Å². The summed E-state index contributed by atoms with van der Waals surface area (Å²) in [4.78, 5) is 61.3. The molecule has 0 aliphatic heterocycles. The van der Waals surface area contributed by atoms with Crippen LogP contribution in [0.15, 0.2) is 11.6 Å². The first-order chi connectivity index (χ1) is 18.7. The first-order valence-corrected chi connectivity index (χ1v) is 14.9. The Kier molecular flexibility index (Phi) is 8.65. The monoisotopic (exact) mass is 559 g/mol. The van der Waals surface area contributed by atoms with E-state index in [4.69, 9.17) is 4.74 Å². The maximum atomic E-state index is 13.4. The van der Waals surface area contributed by atoms with Crippen LogP contribution in [-0.2, 0) is 28.7 Å². The van der Waals surface area contributed by atoms with Gasteiger partial charge in [0.1, 0.15) is 11.6 Å². The Hall–Kier alpha value is -2.55. The molecule has 7 atom stereocenters. The van der Waals surface area contributed by atoms with E-state index in [0.29, 0.717) is 31.1 Å². The zero-order valence-electron chi connectivity index (χ0n) is 24.3. The predicted octanol–water partition coefficient (Wildman–Crippen LogP) is 3.76. The van der Waals surface area contributed by atoms with Gasteiger partial charge in [0.05, 0.1) is 6.42 Å². The Balaban J connectivity index is 1.33. The van der Waals surface area contributed by atoms with Crippen molar-refractivity contribution in [2.75, 3.05) is 6.61 Å². The number of carboxylic acids is 1. The number of aliphatic hydroxyl groups is 1. The second-order valence-electron chi connectivity index (χ2n) is 13.5. The Bertz CT molecular complexity index is 1100. The van der Waals surface area contributed by atoms with Crippen LogP contribution in [0.4, 0.5) is 0 Å². The van der Waals surface area contributed by atoms with Crippen LogP contribution in [0.25, 0.3) is 0 Å². The summed E-state index contributed by atoms with van der Waals surface area (Å²) >= 11 is 0. The van der Waals surface area contributed by atoms with Crippen molar-refractivity contribution in [3.8, 4) is 0 Å². The van der Waals surface area contributed by atoms with Gasteiger partial charge in [0, 0.05) is 18.3 Å². The van der Waals surface area contributed by atoms with E-state index in [1.807, 2.05) is 26.8 Å². The predicted molar refractivity (Wildman–Crippen MR) is 146 cm³/mol. The number of nitrogens with one attached hydrogen (secondary N) is 1. The minimum atomic E-state index is -1.58. The summed E-state index contributed by atoms with van der Waals surface area (Å²) in [5.41, 5.74) is -0.908. The molecule has 4 rings (SSSR count). The summed E-state index contributed by atoms with van der Waals surface area (Å²) in [6.07, 6.45) is 7.57. The van der Waals surface area contributed by atoms with E-state index < -0.39 is 47.3 Å². The van der Waals surface area contributed by atoms with Crippen molar-refractivity contribution in [3.05, 3.63) is 11.6 Å². The SMILES string of the molecule is CC(C)CC(NC(=O)CCC(=O)OCC(=O)[C@@]1(O)CC[C@H]2[C@@H]3CCC4=CC(=O)CC[C@]4(C)[C@H]3CC[C@@]21C)C(=O)O. The Morgan fingerprint density at radius 2 is 1.73 bits per heavy atom. The zero-order valence-corrected chi connectivity index (χ0v) is 24.3. The molecule has 3 fully saturated rings. The van der Waals surface area contributed by atoms with Crippen molar-refractivity contribution in [3.63, 3.8) is 0 Å². The highest BCUT2D eigenvalue weighted by molar-refractivity contribution is 5.92. The second kappa shape index (κ2) is 11.4. The minimum Gasteiger partial charge on any atom is -0.480 e. The van der Waals surface area contributed by atoms with Crippen LogP contribution in [0.3, 0.4) is 0 Å². The van der Waals surface area contributed by atoms with Crippen molar-refractivity contribution in [2.24, 2.45) is 34.5 Å². The van der Waals surface area contributed by atoms with Gasteiger partial charge in [0.25, 0.3) is 0 Å². The molecule has 0 spiro atoms. The first-order valence-electron chi connectivity index (χ1n) is 14.9. The highest BCUT2D eigenvalue weighted by Crippen LogP contribution is 2.67. The molecule has 222 valence electrons. The van der Waals surface area contributed by atoms with Crippen LogP contribution in [0.2, 0.25) is 0 Å². The second-order valence-corrected chi connectivity index (χ2v) is 13.5. The van der Waals surface area contributed by atoms with Gasteiger partial charge in [-0.2, -0.15) is 0 Å². The molecule has 0 aromatic carbocycles. The largest absolute Gasteiger partial charge is 0.480 e. The van der Waals surface area contributed by atoms with E-state index in [1.54, 1.807) is 0 Å². The van der Waals surface area contributed by atoms with Crippen molar-refractivity contribution < 1.29 is 38.9 Å². The molecule has 40 heavy (non-hydrogen) atoms. The number of hydrogen-bond donors (Lipinski definition) is 3. The number of aliphatic carboxylic acids is 1. The van der Waals surface area contributed by atoms with Crippen LogP contribution < -0.4 is 5.32 Å². The van der Waals surface area contributed by atoms with Crippen molar-refractivity contribution in [2.45, 2.75) is 110 Å². The molecular formula is C31H45NO8. The number of Topliss-reactive ketones (excluding diaryl/α,β-unsaturated/α-hetero) is 1. The molecule has 0 bridgehead atoms. The van der Waals surface area contributed by atoms with Gasteiger partial charge in [-0.15, -0.1) is 0 Å². The van der Waals surface area contributed by atoms with Gasteiger partial charge in [-0.3, -0.25) is 19.2 Å². The normalized spacial score (nSPS) is 35.6. The number of amides is 1.